The highest BCUT2D eigenvalue weighted by Crippen LogP contribution is 2.26. The van der Waals surface area contributed by atoms with Crippen LogP contribution in [0.1, 0.15) is 19.4 Å². The Balaban J connectivity index is 3.06. The number of sulfone groups is 1. The Hall–Kier alpha value is -0.350. The summed E-state index contributed by atoms with van der Waals surface area (Å²) in [4.78, 5) is 0. The molecule has 0 saturated heterocycles. The van der Waals surface area contributed by atoms with Crippen molar-refractivity contribution in [1.29, 1.82) is 0 Å². The van der Waals surface area contributed by atoms with E-state index in [1.807, 2.05) is 38.1 Å². The maximum atomic E-state index is 11.3. The van der Waals surface area contributed by atoms with Crippen molar-refractivity contribution in [2.24, 2.45) is 0 Å². The molecule has 0 N–H and O–H groups in total. The van der Waals surface area contributed by atoms with Crippen molar-refractivity contribution in [3.05, 3.63) is 34.3 Å². The molecule has 0 aliphatic carbocycles. The average molecular weight is 291 g/mol. The lowest BCUT2D eigenvalue weighted by Gasteiger charge is -2.24. The van der Waals surface area contributed by atoms with Crippen LogP contribution in [-0.2, 0) is 15.3 Å². The molecule has 0 unspecified atom stereocenters. The van der Waals surface area contributed by atoms with Crippen LogP contribution in [0.2, 0.25) is 0 Å². The summed E-state index contributed by atoms with van der Waals surface area (Å²) in [5.41, 5.74) is 0.680. The number of rotatable bonds is 3. The highest BCUT2D eigenvalue weighted by atomic mass is 79.9. The lowest BCUT2D eigenvalue weighted by Crippen LogP contribution is -2.27. The van der Waals surface area contributed by atoms with Crippen molar-refractivity contribution in [3.8, 4) is 0 Å². The van der Waals surface area contributed by atoms with E-state index in [9.17, 15) is 8.42 Å². The molecule has 0 spiro atoms. The van der Waals surface area contributed by atoms with Gasteiger partial charge in [-0.25, -0.2) is 8.42 Å². The summed E-state index contributed by atoms with van der Waals surface area (Å²) in [6.45, 7) is 3.88. The Morgan fingerprint density at radius 2 is 1.93 bits per heavy atom. The molecule has 0 radical (unpaired) electrons. The third-order valence-electron chi connectivity index (χ3n) is 2.23. The molecule has 0 aromatic heterocycles. The van der Waals surface area contributed by atoms with Gasteiger partial charge in [0.05, 0.1) is 5.75 Å². The van der Waals surface area contributed by atoms with E-state index < -0.39 is 9.84 Å². The van der Waals surface area contributed by atoms with Gasteiger partial charge in [0.15, 0.2) is 0 Å². The van der Waals surface area contributed by atoms with E-state index >= 15 is 0 Å². The number of hydrogen-bond acceptors (Lipinski definition) is 2. The van der Waals surface area contributed by atoms with Crippen LogP contribution in [0.3, 0.4) is 0 Å². The smallest absolute Gasteiger partial charge is 0.148 e. The first-order valence-corrected chi connectivity index (χ1v) is 7.50. The van der Waals surface area contributed by atoms with Gasteiger partial charge in [0, 0.05) is 16.1 Å². The molecule has 0 bridgehead atoms. The van der Waals surface area contributed by atoms with Crippen molar-refractivity contribution < 1.29 is 8.42 Å². The van der Waals surface area contributed by atoms with Crippen LogP contribution in [0.15, 0.2) is 28.7 Å². The van der Waals surface area contributed by atoms with Gasteiger partial charge in [-0.05, 0) is 17.7 Å². The first kappa shape index (κ1) is 12.7. The van der Waals surface area contributed by atoms with E-state index in [0.29, 0.717) is 0 Å². The monoisotopic (exact) mass is 290 g/mol. The van der Waals surface area contributed by atoms with E-state index in [0.717, 1.165) is 10.0 Å². The molecular weight excluding hydrogens is 276 g/mol. The van der Waals surface area contributed by atoms with E-state index in [4.69, 9.17) is 0 Å². The van der Waals surface area contributed by atoms with E-state index in [1.165, 1.54) is 6.26 Å². The first-order chi connectivity index (χ1) is 6.71. The Labute approximate surface area is 99.7 Å². The SMILES string of the molecule is CC(C)(CS(C)(=O)=O)c1cccc(Br)c1. The molecule has 84 valence electrons. The quantitative estimate of drug-likeness (QED) is 0.858. The highest BCUT2D eigenvalue weighted by Gasteiger charge is 2.25. The number of hydrogen-bond donors (Lipinski definition) is 0. The maximum absolute atomic E-state index is 11.3. The number of halogens is 1. The first-order valence-electron chi connectivity index (χ1n) is 4.64. The van der Waals surface area contributed by atoms with Crippen LogP contribution in [0, 0.1) is 0 Å². The van der Waals surface area contributed by atoms with Gasteiger partial charge in [-0.2, -0.15) is 0 Å². The molecule has 0 heterocycles. The molecule has 0 aliphatic rings. The molecule has 1 aromatic carbocycles. The molecule has 1 rings (SSSR count). The lowest BCUT2D eigenvalue weighted by molar-refractivity contribution is 0.552. The zero-order valence-electron chi connectivity index (χ0n) is 9.12. The summed E-state index contributed by atoms with van der Waals surface area (Å²) in [5, 5.41) is 0. The second-order valence-electron chi connectivity index (χ2n) is 4.46. The molecule has 1 aromatic rings. The Morgan fingerprint density at radius 3 is 2.40 bits per heavy atom. The van der Waals surface area contributed by atoms with Crippen molar-refractivity contribution in [3.63, 3.8) is 0 Å². The maximum Gasteiger partial charge on any atom is 0.148 e. The molecule has 2 nitrogen and oxygen atoms in total. The van der Waals surface area contributed by atoms with Crippen LogP contribution in [0.25, 0.3) is 0 Å². The normalized spacial score (nSPS) is 12.8. The van der Waals surface area contributed by atoms with Crippen LogP contribution >= 0.6 is 15.9 Å². The van der Waals surface area contributed by atoms with E-state index in [-0.39, 0.29) is 11.2 Å². The fraction of sp³-hybridized carbons (Fsp3) is 0.455. The predicted octanol–water partition coefficient (Wildman–Crippen LogP) is 2.77. The summed E-state index contributed by atoms with van der Waals surface area (Å²) < 4.78 is 23.6. The average Bonchev–Trinajstić information content (AvgIpc) is 1.99. The van der Waals surface area contributed by atoms with Gasteiger partial charge in [0.2, 0.25) is 0 Å². The molecular formula is C11H15BrO2S. The fourth-order valence-electron chi connectivity index (χ4n) is 1.65. The Kier molecular flexibility index (Phi) is 3.61. The minimum Gasteiger partial charge on any atom is -0.229 e. The summed E-state index contributed by atoms with van der Waals surface area (Å²) in [6.07, 6.45) is 1.27. The Bertz CT molecular complexity index is 449. The predicted molar refractivity (Wildman–Crippen MR) is 66.9 cm³/mol. The third kappa shape index (κ3) is 3.95. The van der Waals surface area contributed by atoms with Crippen molar-refractivity contribution in [2.75, 3.05) is 12.0 Å². The van der Waals surface area contributed by atoms with Crippen LogP contribution < -0.4 is 0 Å². The molecule has 4 heteroatoms. The topological polar surface area (TPSA) is 34.1 Å². The van der Waals surface area contributed by atoms with Crippen molar-refractivity contribution in [1.82, 2.24) is 0 Å². The van der Waals surface area contributed by atoms with Gasteiger partial charge in [-0.3, -0.25) is 0 Å². The van der Waals surface area contributed by atoms with E-state index in [2.05, 4.69) is 15.9 Å². The lowest BCUT2D eigenvalue weighted by atomic mass is 9.87. The van der Waals surface area contributed by atoms with Crippen LogP contribution in [0.5, 0.6) is 0 Å². The molecule has 0 aliphatic heterocycles. The summed E-state index contributed by atoms with van der Waals surface area (Å²) >= 11 is 3.38. The van der Waals surface area contributed by atoms with Gasteiger partial charge < -0.3 is 0 Å². The summed E-state index contributed by atoms with van der Waals surface area (Å²) in [6, 6.07) is 7.77. The zero-order valence-corrected chi connectivity index (χ0v) is 11.5. The summed E-state index contributed by atoms with van der Waals surface area (Å²) in [5.74, 6) is 0.163. The van der Waals surface area contributed by atoms with E-state index in [1.54, 1.807) is 0 Å². The van der Waals surface area contributed by atoms with Gasteiger partial charge in [0.1, 0.15) is 9.84 Å². The summed E-state index contributed by atoms with van der Waals surface area (Å²) in [7, 11) is -2.96. The van der Waals surface area contributed by atoms with Gasteiger partial charge >= 0.3 is 0 Å². The minimum absolute atomic E-state index is 0.163. The van der Waals surface area contributed by atoms with Gasteiger partial charge in [-0.15, -0.1) is 0 Å². The molecule has 15 heavy (non-hydrogen) atoms. The van der Waals surface area contributed by atoms with Gasteiger partial charge in [-0.1, -0.05) is 41.9 Å². The largest absolute Gasteiger partial charge is 0.229 e. The molecule has 0 fully saturated rings. The standard InChI is InChI=1S/C11H15BrO2S/c1-11(2,8-15(3,13)14)9-5-4-6-10(12)7-9/h4-7H,8H2,1-3H3. The molecule has 0 amide bonds. The van der Waals surface area contributed by atoms with Crippen LogP contribution in [-0.4, -0.2) is 20.4 Å². The second-order valence-corrected chi connectivity index (χ2v) is 7.52. The number of benzene rings is 1. The molecule has 0 atom stereocenters. The fourth-order valence-corrected chi connectivity index (χ4v) is 3.53. The highest BCUT2D eigenvalue weighted by molar-refractivity contribution is 9.10. The third-order valence-corrected chi connectivity index (χ3v) is 3.97. The zero-order chi connectivity index (χ0) is 11.7. The van der Waals surface area contributed by atoms with Crippen molar-refractivity contribution >= 4 is 25.8 Å². The Morgan fingerprint density at radius 1 is 1.33 bits per heavy atom. The van der Waals surface area contributed by atoms with Crippen LogP contribution in [0.4, 0.5) is 0 Å². The van der Waals surface area contributed by atoms with Gasteiger partial charge in [0.25, 0.3) is 0 Å². The second kappa shape index (κ2) is 4.26. The molecule has 0 saturated carbocycles. The van der Waals surface area contributed by atoms with Crippen molar-refractivity contribution in [2.45, 2.75) is 19.3 Å². The minimum atomic E-state index is -2.96.